The fourth-order valence-corrected chi connectivity index (χ4v) is 4.49. The van der Waals surface area contributed by atoms with Crippen molar-refractivity contribution in [3.63, 3.8) is 0 Å². The molecule has 2 fully saturated rings. The summed E-state index contributed by atoms with van der Waals surface area (Å²) in [6, 6.07) is 10.3. The van der Waals surface area contributed by atoms with E-state index in [2.05, 4.69) is 13.0 Å². The third-order valence-corrected chi connectivity index (χ3v) is 5.96. The number of benzene rings is 1. The molecule has 24 heavy (non-hydrogen) atoms. The van der Waals surface area contributed by atoms with Crippen LogP contribution >= 0.6 is 0 Å². The average molecular weight is 328 g/mol. The Balaban J connectivity index is 1.65. The molecule has 1 N–H and O–H groups in total. The van der Waals surface area contributed by atoms with Gasteiger partial charge in [-0.05, 0) is 11.5 Å². The van der Waals surface area contributed by atoms with E-state index >= 15 is 0 Å². The maximum atomic E-state index is 12.5. The molecule has 2 aliphatic rings. The number of nitrogens with zero attached hydrogens (tertiary/aromatic N) is 1. The van der Waals surface area contributed by atoms with E-state index in [0.717, 1.165) is 42.3 Å². The molecule has 0 saturated carbocycles. The third kappa shape index (κ3) is 3.07. The Kier molecular flexibility index (Phi) is 4.93. The van der Waals surface area contributed by atoms with E-state index in [1.54, 1.807) is 0 Å². The lowest BCUT2D eigenvalue weighted by Gasteiger charge is -2.45. The fraction of sp³-hybridized carbons (Fsp3) is 0.550. The number of esters is 1. The van der Waals surface area contributed by atoms with Crippen LogP contribution in [0.3, 0.4) is 0 Å². The standard InChI is InChI=1S/C20H26NO3/c1-3-11-21(2)16-9-10-17(21)13-18(12-16)24-20(23)19(14-22)15-7-5-4-6-8-15/h1,4-8,16-19,22H,9-14H2,2H3/q+1. The summed E-state index contributed by atoms with van der Waals surface area (Å²) in [6.07, 6.45) is 9.54. The minimum Gasteiger partial charge on any atom is -0.461 e. The summed E-state index contributed by atoms with van der Waals surface area (Å²) in [5.41, 5.74) is 0.803. The first-order valence-corrected chi connectivity index (χ1v) is 8.73. The van der Waals surface area contributed by atoms with Crippen LogP contribution in [0.4, 0.5) is 0 Å². The highest BCUT2D eigenvalue weighted by Crippen LogP contribution is 2.42. The second kappa shape index (κ2) is 6.96. The molecule has 2 heterocycles. The van der Waals surface area contributed by atoms with E-state index < -0.39 is 5.92 Å². The van der Waals surface area contributed by atoms with Crippen LogP contribution in [0.5, 0.6) is 0 Å². The first kappa shape index (κ1) is 17.0. The summed E-state index contributed by atoms with van der Waals surface area (Å²) in [6.45, 7) is 0.520. The molecule has 2 aliphatic heterocycles. The zero-order valence-corrected chi connectivity index (χ0v) is 14.2. The van der Waals surface area contributed by atoms with Crippen LogP contribution < -0.4 is 0 Å². The Morgan fingerprint density at radius 2 is 1.96 bits per heavy atom. The number of fused-ring (bicyclic) bond motifs is 2. The molecule has 3 atom stereocenters. The number of carbonyl (C=O) groups excluding carboxylic acids is 1. The van der Waals surface area contributed by atoms with E-state index in [1.165, 1.54) is 0 Å². The molecular weight excluding hydrogens is 302 g/mol. The number of terminal acetylenes is 1. The number of quaternary nitrogens is 1. The van der Waals surface area contributed by atoms with Crippen molar-refractivity contribution in [3.8, 4) is 12.3 Å². The highest BCUT2D eigenvalue weighted by molar-refractivity contribution is 5.78. The number of rotatable bonds is 5. The number of aliphatic hydroxyl groups is 1. The Morgan fingerprint density at radius 3 is 2.50 bits per heavy atom. The SMILES string of the molecule is C#CC[N+]1(C)C2CCC1CC(OC(=O)C(CO)c1ccccc1)C2. The molecule has 2 bridgehead atoms. The van der Waals surface area contributed by atoms with Crippen LogP contribution in [0, 0.1) is 12.3 Å². The Labute approximate surface area is 144 Å². The summed E-state index contributed by atoms with van der Waals surface area (Å²) in [5, 5.41) is 9.62. The summed E-state index contributed by atoms with van der Waals surface area (Å²) < 4.78 is 6.71. The van der Waals surface area contributed by atoms with Gasteiger partial charge in [-0.25, -0.2) is 0 Å². The number of hydrogen-bond donors (Lipinski definition) is 1. The van der Waals surface area contributed by atoms with Crippen LogP contribution in [0.25, 0.3) is 0 Å². The monoisotopic (exact) mass is 328 g/mol. The number of aliphatic hydroxyl groups excluding tert-OH is 1. The van der Waals surface area contributed by atoms with Gasteiger partial charge in [0.05, 0.1) is 25.7 Å². The smallest absolute Gasteiger partial charge is 0.316 e. The predicted octanol–water partition coefficient (Wildman–Crippen LogP) is 2.08. The van der Waals surface area contributed by atoms with Gasteiger partial charge in [0.15, 0.2) is 0 Å². The van der Waals surface area contributed by atoms with Gasteiger partial charge >= 0.3 is 5.97 Å². The third-order valence-electron chi connectivity index (χ3n) is 5.96. The lowest BCUT2D eigenvalue weighted by atomic mass is 9.96. The van der Waals surface area contributed by atoms with Crippen molar-refractivity contribution in [3.05, 3.63) is 35.9 Å². The van der Waals surface area contributed by atoms with Crippen LogP contribution in [-0.4, -0.2) is 53.9 Å². The molecule has 128 valence electrons. The Bertz CT molecular complexity index is 608. The molecule has 2 saturated heterocycles. The average Bonchev–Trinajstić information content (AvgIpc) is 2.75. The van der Waals surface area contributed by atoms with Crippen molar-refractivity contribution in [2.75, 3.05) is 20.2 Å². The maximum absolute atomic E-state index is 12.5. The fourth-order valence-electron chi connectivity index (χ4n) is 4.49. The van der Waals surface area contributed by atoms with Gasteiger partial charge in [-0.2, -0.15) is 0 Å². The second-order valence-corrected chi connectivity index (χ2v) is 7.27. The number of piperidine rings is 1. The molecule has 0 aromatic heterocycles. The van der Waals surface area contributed by atoms with Crippen molar-refractivity contribution >= 4 is 5.97 Å². The zero-order chi connectivity index (χ0) is 17.2. The highest BCUT2D eigenvalue weighted by atomic mass is 16.5. The first-order chi connectivity index (χ1) is 11.6. The lowest BCUT2D eigenvalue weighted by Crippen LogP contribution is -2.59. The van der Waals surface area contributed by atoms with Gasteiger partial charge in [0.1, 0.15) is 18.6 Å². The summed E-state index contributed by atoms with van der Waals surface area (Å²) in [7, 11) is 2.24. The molecule has 0 aliphatic carbocycles. The lowest BCUT2D eigenvalue weighted by molar-refractivity contribution is -0.943. The van der Waals surface area contributed by atoms with E-state index in [1.807, 2.05) is 30.3 Å². The van der Waals surface area contributed by atoms with Crippen molar-refractivity contribution < 1.29 is 19.1 Å². The van der Waals surface area contributed by atoms with Gasteiger partial charge in [-0.3, -0.25) is 4.79 Å². The summed E-state index contributed by atoms with van der Waals surface area (Å²) in [5.74, 6) is 1.90. The Morgan fingerprint density at radius 1 is 1.33 bits per heavy atom. The van der Waals surface area contributed by atoms with Gasteiger partial charge in [-0.1, -0.05) is 30.3 Å². The van der Waals surface area contributed by atoms with Crippen molar-refractivity contribution in [1.82, 2.24) is 0 Å². The van der Waals surface area contributed by atoms with E-state index in [4.69, 9.17) is 11.2 Å². The van der Waals surface area contributed by atoms with Gasteiger partial charge in [0, 0.05) is 25.7 Å². The van der Waals surface area contributed by atoms with Gasteiger partial charge in [0.25, 0.3) is 0 Å². The van der Waals surface area contributed by atoms with Crippen molar-refractivity contribution in [2.24, 2.45) is 0 Å². The molecule has 0 amide bonds. The molecule has 4 nitrogen and oxygen atoms in total. The Hall–Kier alpha value is -1.83. The summed E-state index contributed by atoms with van der Waals surface area (Å²) in [4.78, 5) is 12.5. The molecule has 3 rings (SSSR count). The molecule has 1 aromatic carbocycles. The van der Waals surface area contributed by atoms with Crippen molar-refractivity contribution in [1.29, 1.82) is 0 Å². The topological polar surface area (TPSA) is 46.5 Å². The molecule has 1 aromatic rings. The number of hydrogen-bond acceptors (Lipinski definition) is 3. The van der Waals surface area contributed by atoms with Crippen LogP contribution in [0.1, 0.15) is 37.2 Å². The molecule has 0 radical (unpaired) electrons. The van der Waals surface area contributed by atoms with Crippen LogP contribution in [-0.2, 0) is 9.53 Å². The largest absolute Gasteiger partial charge is 0.461 e. The van der Waals surface area contributed by atoms with E-state index in [0.29, 0.717) is 12.1 Å². The highest BCUT2D eigenvalue weighted by Gasteiger charge is 2.52. The van der Waals surface area contributed by atoms with Gasteiger partial charge in [0.2, 0.25) is 0 Å². The molecule has 4 heteroatoms. The first-order valence-electron chi connectivity index (χ1n) is 8.73. The maximum Gasteiger partial charge on any atom is 0.316 e. The molecular formula is C20H26NO3+. The van der Waals surface area contributed by atoms with Crippen molar-refractivity contribution in [2.45, 2.75) is 49.8 Å². The summed E-state index contributed by atoms with van der Waals surface area (Å²) >= 11 is 0. The van der Waals surface area contributed by atoms with Gasteiger partial charge < -0.3 is 14.3 Å². The quantitative estimate of drug-likeness (QED) is 0.511. The van der Waals surface area contributed by atoms with Crippen LogP contribution in [0.2, 0.25) is 0 Å². The minimum atomic E-state index is -0.600. The van der Waals surface area contributed by atoms with Crippen LogP contribution in [0.15, 0.2) is 30.3 Å². The minimum absolute atomic E-state index is 0.0586. The molecule has 3 unspecified atom stereocenters. The second-order valence-electron chi connectivity index (χ2n) is 7.27. The number of ether oxygens (including phenoxy) is 1. The van der Waals surface area contributed by atoms with E-state index in [9.17, 15) is 9.90 Å². The molecule has 0 spiro atoms. The number of carbonyl (C=O) groups is 1. The zero-order valence-electron chi connectivity index (χ0n) is 14.2. The van der Waals surface area contributed by atoms with Gasteiger partial charge in [-0.15, -0.1) is 6.42 Å². The van der Waals surface area contributed by atoms with E-state index in [-0.39, 0.29) is 18.7 Å². The normalized spacial score (nSPS) is 32.8. The predicted molar refractivity (Wildman–Crippen MR) is 92.1 cm³/mol.